The average molecular weight is 308 g/mol. The number of aromatic nitrogens is 3. The van der Waals surface area contributed by atoms with Gasteiger partial charge in [0.25, 0.3) is 0 Å². The van der Waals surface area contributed by atoms with Gasteiger partial charge in [-0.2, -0.15) is 10.1 Å². The van der Waals surface area contributed by atoms with Crippen LogP contribution in [0.4, 0.5) is 17.5 Å². The van der Waals surface area contributed by atoms with Gasteiger partial charge in [-0.15, -0.1) is 5.10 Å². The van der Waals surface area contributed by atoms with Crippen LogP contribution in [-0.2, 0) is 0 Å². The SMILES string of the molecule is CCCNc1cnnc(Nc2ccc(Br)cc2)n1. The van der Waals surface area contributed by atoms with E-state index in [1.165, 1.54) is 0 Å². The van der Waals surface area contributed by atoms with Crippen molar-refractivity contribution in [2.24, 2.45) is 0 Å². The minimum absolute atomic E-state index is 0.485. The van der Waals surface area contributed by atoms with Gasteiger partial charge < -0.3 is 10.6 Å². The maximum Gasteiger partial charge on any atom is 0.249 e. The van der Waals surface area contributed by atoms with E-state index in [4.69, 9.17) is 0 Å². The molecule has 0 saturated heterocycles. The molecule has 2 aromatic rings. The van der Waals surface area contributed by atoms with Gasteiger partial charge in [-0.05, 0) is 30.7 Å². The molecular weight excluding hydrogens is 294 g/mol. The van der Waals surface area contributed by atoms with Gasteiger partial charge in [0, 0.05) is 16.7 Å². The lowest BCUT2D eigenvalue weighted by Crippen LogP contribution is -2.06. The number of halogens is 1. The van der Waals surface area contributed by atoms with Crippen LogP contribution >= 0.6 is 15.9 Å². The van der Waals surface area contributed by atoms with Crippen LogP contribution in [0.25, 0.3) is 0 Å². The van der Waals surface area contributed by atoms with E-state index in [0.29, 0.717) is 5.95 Å². The minimum Gasteiger partial charge on any atom is -0.369 e. The quantitative estimate of drug-likeness (QED) is 0.888. The first kappa shape index (κ1) is 12.8. The van der Waals surface area contributed by atoms with Gasteiger partial charge in [-0.1, -0.05) is 22.9 Å². The van der Waals surface area contributed by atoms with E-state index in [1.807, 2.05) is 24.3 Å². The molecule has 0 saturated carbocycles. The predicted molar refractivity (Wildman–Crippen MR) is 76.0 cm³/mol. The topological polar surface area (TPSA) is 62.7 Å². The second kappa shape index (κ2) is 6.30. The molecule has 1 heterocycles. The Labute approximate surface area is 114 Å². The van der Waals surface area contributed by atoms with Crippen LogP contribution in [-0.4, -0.2) is 21.7 Å². The van der Waals surface area contributed by atoms with Gasteiger partial charge in [0.2, 0.25) is 5.95 Å². The molecule has 0 unspecified atom stereocenters. The van der Waals surface area contributed by atoms with Crippen LogP contribution in [0.1, 0.15) is 13.3 Å². The minimum atomic E-state index is 0.485. The molecule has 94 valence electrons. The van der Waals surface area contributed by atoms with Gasteiger partial charge in [0.1, 0.15) is 0 Å². The third kappa shape index (κ3) is 3.66. The van der Waals surface area contributed by atoms with Gasteiger partial charge in [-0.25, -0.2) is 0 Å². The summed E-state index contributed by atoms with van der Waals surface area (Å²) in [5.41, 5.74) is 0.924. The third-order valence-corrected chi connectivity index (χ3v) is 2.74. The molecule has 0 aliphatic heterocycles. The van der Waals surface area contributed by atoms with Crippen LogP contribution in [0.15, 0.2) is 34.9 Å². The predicted octanol–water partition coefficient (Wildman–Crippen LogP) is 3.20. The molecule has 0 aliphatic rings. The number of hydrogen-bond acceptors (Lipinski definition) is 5. The molecular formula is C12H14BrN5. The highest BCUT2D eigenvalue weighted by Gasteiger charge is 2.00. The summed E-state index contributed by atoms with van der Waals surface area (Å²) in [6, 6.07) is 7.79. The van der Waals surface area contributed by atoms with Crippen molar-refractivity contribution in [3.63, 3.8) is 0 Å². The first-order valence-corrected chi connectivity index (χ1v) is 6.53. The maximum absolute atomic E-state index is 4.32. The van der Waals surface area contributed by atoms with Gasteiger partial charge in [0.15, 0.2) is 5.82 Å². The summed E-state index contributed by atoms with van der Waals surface area (Å²) >= 11 is 3.39. The molecule has 0 amide bonds. The molecule has 0 radical (unpaired) electrons. The van der Waals surface area contributed by atoms with Crippen molar-refractivity contribution < 1.29 is 0 Å². The molecule has 0 fully saturated rings. The van der Waals surface area contributed by atoms with Crippen molar-refractivity contribution in [3.05, 3.63) is 34.9 Å². The second-order valence-electron chi connectivity index (χ2n) is 3.72. The summed E-state index contributed by atoms with van der Waals surface area (Å²) in [7, 11) is 0. The summed E-state index contributed by atoms with van der Waals surface area (Å²) in [4.78, 5) is 4.32. The average Bonchev–Trinajstić information content (AvgIpc) is 2.40. The van der Waals surface area contributed by atoms with E-state index in [0.717, 1.165) is 28.9 Å². The summed E-state index contributed by atoms with van der Waals surface area (Å²) in [5, 5.41) is 14.1. The lowest BCUT2D eigenvalue weighted by Gasteiger charge is -2.06. The zero-order valence-electron chi connectivity index (χ0n) is 10.0. The molecule has 0 aliphatic carbocycles. The van der Waals surface area contributed by atoms with E-state index < -0.39 is 0 Å². The molecule has 6 heteroatoms. The largest absolute Gasteiger partial charge is 0.369 e. The highest BCUT2D eigenvalue weighted by molar-refractivity contribution is 9.10. The smallest absolute Gasteiger partial charge is 0.249 e. The Bertz CT molecular complexity index is 500. The van der Waals surface area contributed by atoms with Crippen LogP contribution in [0, 0.1) is 0 Å². The Balaban J connectivity index is 2.06. The Morgan fingerprint density at radius 3 is 2.72 bits per heavy atom. The fraction of sp³-hybridized carbons (Fsp3) is 0.250. The second-order valence-corrected chi connectivity index (χ2v) is 4.64. The van der Waals surface area contributed by atoms with Crippen LogP contribution in [0.3, 0.4) is 0 Å². The molecule has 0 bridgehead atoms. The Kier molecular flexibility index (Phi) is 4.46. The Hall–Kier alpha value is -1.69. The van der Waals surface area contributed by atoms with Gasteiger partial charge in [0.05, 0.1) is 6.20 Å². The van der Waals surface area contributed by atoms with Crippen molar-refractivity contribution >= 4 is 33.4 Å². The number of nitrogens with zero attached hydrogens (tertiary/aromatic N) is 3. The molecule has 2 N–H and O–H groups in total. The van der Waals surface area contributed by atoms with Crippen LogP contribution in [0.5, 0.6) is 0 Å². The number of anilines is 3. The zero-order valence-corrected chi connectivity index (χ0v) is 11.6. The lowest BCUT2D eigenvalue weighted by atomic mass is 10.3. The summed E-state index contributed by atoms with van der Waals surface area (Å²) in [6.45, 7) is 2.97. The van der Waals surface area contributed by atoms with Gasteiger partial charge in [-0.3, -0.25) is 0 Å². The highest BCUT2D eigenvalue weighted by atomic mass is 79.9. The standard InChI is InChI=1S/C12H14BrN5/c1-2-7-14-11-8-15-18-12(17-11)16-10-5-3-9(13)4-6-10/h3-6,8H,2,7H2,1H3,(H2,14,16,17,18). The van der Waals surface area contributed by atoms with E-state index in [1.54, 1.807) is 6.20 Å². The van der Waals surface area contributed by atoms with E-state index in [-0.39, 0.29) is 0 Å². The van der Waals surface area contributed by atoms with E-state index in [2.05, 4.69) is 48.7 Å². The van der Waals surface area contributed by atoms with Crippen molar-refractivity contribution in [3.8, 4) is 0 Å². The lowest BCUT2D eigenvalue weighted by molar-refractivity contribution is 0.935. The monoisotopic (exact) mass is 307 g/mol. The van der Waals surface area contributed by atoms with Gasteiger partial charge >= 0.3 is 0 Å². The molecule has 5 nitrogen and oxygen atoms in total. The molecule has 1 aromatic carbocycles. The first-order chi connectivity index (χ1) is 8.78. The van der Waals surface area contributed by atoms with Crippen LogP contribution in [0.2, 0.25) is 0 Å². The van der Waals surface area contributed by atoms with Crippen molar-refractivity contribution in [1.82, 2.24) is 15.2 Å². The summed E-state index contributed by atoms with van der Waals surface area (Å²) in [5.74, 6) is 1.21. The number of rotatable bonds is 5. The number of nitrogens with one attached hydrogen (secondary N) is 2. The maximum atomic E-state index is 4.32. The van der Waals surface area contributed by atoms with Crippen molar-refractivity contribution in [1.29, 1.82) is 0 Å². The molecule has 0 spiro atoms. The molecule has 0 atom stereocenters. The molecule has 2 rings (SSSR count). The third-order valence-electron chi connectivity index (χ3n) is 2.22. The fourth-order valence-electron chi connectivity index (χ4n) is 1.36. The van der Waals surface area contributed by atoms with Crippen molar-refractivity contribution in [2.45, 2.75) is 13.3 Å². The first-order valence-electron chi connectivity index (χ1n) is 5.74. The van der Waals surface area contributed by atoms with Crippen molar-refractivity contribution in [2.75, 3.05) is 17.2 Å². The highest BCUT2D eigenvalue weighted by Crippen LogP contribution is 2.17. The van der Waals surface area contributed by atoms with E-state index >= 15 is 0 Å². The Morgan fingerprint density at radius 1 is 1.22 bits per heavy atom. The normalized spacial score (nSPS) is 10.1. The summed E-state index contributed by atoms with van der Waals surface area (Å²) in [6.07, 6.45) is 2.65. The zero-order chi connectivity index (χ0) is 12.8. The molecule has 18 heavy (non-hydrogen) atoms. The van der Waals surface area contributed by atoms with E-state index in [9.17, 15) is 0 Å². The summed E-state index contributed by atoms with van der Waals surface area (Å²) < 4.78 is 1.03. The molecule has 1 aromatic heterocycles. The van der Waals surface area contributed by atoms with Crippen LogP contribution < -0.4 is 10.6 Å². The number of hydrogen-bond donors (Lipinski definition) is 2. The Morgan fingerprint density at radius 2 is 2.00 bits per heavy atom. The fourth-order valence-corrected chi connectivity index (χ4v) is 1.62. The number of benzene rings is 1.